The van der Waals surface area contributed by atoms with E-state index in [0.29, 0.717) is 4.17 Å². The largest absolute Gasteiger partial charge is 0.348 e. The van der Waals surface area contributed by atoms with Crippen molar-refractivity contribution in [2.75, 3.05) is 13.1 Å². The molecule has 0 aromatic heterocycles. The lowest BCUT2D eigenvalue weighted by Gasteiger charge is -2.27. The van der Waals surface area contributed by atoms with E-state index in [0.717, 1.165) is 0 Å². The number of nitrogens with zero attached hydrogens (tertiary/aromatic N) is 2. The normalized spacial score (nSPS) is 17.9. The molecule has 0 aliphatic carbocycles. The average Bonchev–Trinajstić information content (AvgIpc) is 2.38. The van der Waals surface area contributed by atoms with Crippen LogP contribution in [0.1, 0.15) is 26.7 Å². The molecular formula is C9H17IN2. The lowest BCUT2D eigenvalue weighted by Crippen LogP contribution is -2.33. The number of rotatable bonds is 4. The van der Waals surface area contributed by atoms with Gasteiger partial charge in [-0.05, 0) is 35.4 Å². The monoisotopic (exact) mass is 280 g/mol. The molecule has 0 amide bonds. The first-order valence-corrected chi connectivity index (χ1v) is 5.88. The number of hydrogen-bond acceptors (Lipinski definition) is 2. The Balaban J connectivity index is 2.38. The van der Waals surface area contributed by atoms with Gasteiger partial charge in [0.15, 0.2) is 4.17 Å². The van der Waals surface area contributed by atoms with Crippen molar-refractivity contribution in [3.8, 4) is 0 Å². The van der Waals surface area contributed by atoms with Crippen molar-refractivity contribution in [2.24, 2.45) is 0 Å². The van der Waals surface area contributed by atoms with Gasteiger partial charge < -0.3 is 9.80 Å². The van der Waals surface area contributed by atoms with E-state index in [1.165, 1.54) is 25.9 Å². The maximum absolute atomic E-state index is 2.49. The highest BCUT2D eigenvalue weighted by molar-refractivity contribution is 14.1. The summed E-state index contributed by atoms with van der Waals surface area (Å²) in [5, 5.41) is 0. The van der Waals surface area contributed by atoms with E-state index in [9.17, 15) is 0 Å². The fourth-order valence-electron chi connectivity index (χ4n) is 1.38. The summed E-state index contributed by atoms with van der Waals surface area (Å²) in [4.78, 5) is 4.77. The molecule has 0 saturated heterocycles. The molecule has 0 spiro atoms. The predicted molar refractivity (Wildman–Crippen MR) is 60.9 cm³/mol. The third-order valence-electron chi connectivity index (χ3n) is 1.96. The minimum absolute atomic E-state index is 0.544. The van der Waals surface area contributed by atoms with Crippen LogP contribution < -0.4 is 0 Å². The van der Waals surface area contributed by atoms with E-state index in [4.69, 9.17) is 0 Å². The van der Waals surface area contributed by atoms with Crippen LogP contribution in [0.15, 0.2) is 12.4 Å². The Morgan fingerprint density at radius 2 is 1.50 bits per heavy atom. The van der Waals surface area contributed by atoms with Crippen molar-refractivity contribution in [3.05, 3.63) is 12.4 Å². The molecule has 0 radical (unpaired) electrons. The Labute approximate surface area is 88.7 Å². The smallest absolute Gasteiger partial charge is 0.154 e. The van der Waals surface area contributed by atoms with Gasteiger partial charge in [-0.3, -0.25) is 0 Å². The van der Waals surface area contributed by atoms with Gasteiger partial charge in [0.25, 0.3) is 0 Å². The first-order chi connectivity index (χ1) is 5.79. The van der Waals surface area contributed by atoms with Crippen molar-refractivity contribution >= 4 is 22.6 Å². The van der Waals surface area contributed by atoms with Crippen LogP contribution in [-0.2, 0) is 0 Å². The topological polar surface area (TPSA) is 6.48 Å². The van der Waals surface area contributed by atoms with E-state index < -0.39 is 0 Å². The summed E-state index contributed by atoms with van der Waals surface area (Å²) in [6.45, 7) is 6.79. The molecule has 3 heteroatoms. The van der Waals surface area contributed by atoms with Crippen LogP contribution in [0.25, 0.3) is 0 Å². The third-order valence-corrected chi connectivity index (χ3v) is 3.39. The van der Waals surface area contributed by atoms with Crippen LogP contribution in [-0.4, -0.2) is 27.1 Å². The van der Waals surface area contributed by atoms with Gasteiger partial charge in [-0.1, -0.05) is 13.8 Å². The van der Waals surface area contributed by atoms with Gasteiger partial charge in [0.05, 0.1) is 0 Å². The summed E-state index contributed by atoms with van der Waals surface area (Å²) < 4.78 is 0.544. The highest BCUT2D eigenvalue weighted by Crippen LogP contribution is 2.21. The molecule has 0 aromatic carbocycles. The molecule has 0 unspecified atom stereocenters. The Kier molecular flexibility index (Phi) is 4.18. The minimum atomic E-state index is 0.544. The number of hydrogen-bond donors (Lipinski definition) is 0. The second kappa shape index (κ2) is 4.94. The average molecular weight is 280 g/mol. The maximum atomic E-state index is 2.49. The van der Waals surface area contributed by atoms with Crippen molar-refractivity contribution < 1.29 is 0 Å². The van der Waals surface area contributed by atoms with Crippen LogP contribution in [0, 0.1) is 0 Å². The van der Waals surface area contributed by atoms with E-state index in [-0.39, 0.29) is 0 Å². The molecule has 1 aliphatic rings. The summed E-state index contributed by atoms with van der Waals surface area (Å²) in [6, 6.07) is 0. The summed E-state index contributed by atoms with van der Waals surface area (Å²) in [7, 11) is 0. The summed E-state index contributed by atoms with van der Waals surface area (Å²) >= 11 is 2.49. The quantitative estimate of drug-likeness (QED) is 0.444. The fraction of sp³-hybridized carbons (Fsp3) is 0.778. The minimum Gasteiger partial charge on any atom is -0.348 e. The molecule has 70 valence electrons. The molecule has 1 rings (SSSR count). The zero-order chi connectivity index (χ0) is 8.97. The number of halogens is 1. The first kappa shape index (κ1) is 10.2. The van der Waals surface area contributed by atoms with Crippen LogP contribution in [0.3, 0.4) is 0 Å². The van der Waals surface area contributed by atoms with E-state index in [1.807, 2.05) is 0 Å². The van der Waals surface area contributed by atoms with Crippen molar-refractivity contribution in [1.82, 2.24) is 9.80 Å². The second-order valence-corrected chi connectivity index (χ2v) is 4.20. The van der Waals surface area contributed by atoms with Crippen molar-refractivity contribution in [3.63, 3.8) is 0 Å². The third kappa shape index (κ3) is 2.28. The highest BCUT2D eigenvalue weighted by atomic mass is 127. The summed E-state index contributed by atoms with van der Waals surface area (Å²) in [5.41, 5.74) is 0. The zero-order valence-corrected chi connectivity index (χ0v) is 9.99. The Bertz CT molecular complexity index is 143. The van der Waals surface area contributed by atoms with Crippen LogP contribution in [0.2, 0.25) is 0 Å². The fourth-order valence-corrected chi connectivity index (χ4v) is 2.31. The molecule has 1 aliphatic heterocycles. The standard InChI is InChI=1S/C9H17IN2/c1-3-5-11-7-8-12(6-4-2)9(11)10/h7-9H,3-6H2,1-2H3. The molecule has 12 heavy (non-hydrogen) atoms. The molecule has 0 N–H and O–H groups in total. The van der Waals surface area contributed by atoms with Gasteiger partial charge in [0.2, 0.25) is 0 Å². The Hall–Kier alpha value is 0.0700. The van der Waals surface area contributed by atoms with Crippen molar-refractivity contribution in [2.45, 2.75) is 30.9 Å². The van der Waals surface area contributed by atoms with E-state index in [1.54, 1.807) is 0 Å². The van der Waals surface area contributed by atoms with Gasteiger partial charge in [-0.25, -0.2) is 0 Å². The van der Waals surface area contributed by atoms with Crippen LogP contribution >= 0.6 is 22.6 Å². The molecule has 0 atom stereocenters. The van der Waals surface area contributed by atoms with Gasteiger partial charge in [-0.2, -0.15) is 0 Å². The molecule has 2 nitrogen and oxygen atoms in total. The molecule has 0 saturated carbocycles. The first-order valence-electron chi connectivity index (χ1n) is 4.63. The summed E-state index contributed by atoms with van der Waals surface area (Å²) in [6.07, 6.45) is 6.86. The van der Waals surface area contributed by atoms with Crippen LogP contribution in [0.5, 0.6) is 0 Å². The van der Waals surface area contributed by atoms with Gasteiger partial charge >= 0.3 is 0 Å². The SMILES string of the molecule is CCCN1C=CN(CCC)C1I. The molecular weight excluding hydrogens is 263 g/mol. The highest BCUT2D eigenvalue weighted by Gasteiger charge is 2.21. The molecule has 0 bridgehead atoms. The second-order valence-electron chi connectivity index (χ2n) is 3.08. The van der Waals surface area contributed by atoms with Gasteiger partial charge in [0.1, 0.15) is 0 Å². The molecule has 0 fully saturated rings. The molecule has 0 aromatic rings. The van der Waals surface area contributed by atoms with Gasteiger partial charge in [-0.15, -0.1) is 0 Å². The molecule has 1 heterocycles. The summed E-state index contributed by atoms with van der Waals surface area (Å²) in [5.74, 6) is 0. The number of alkyl halides is 1. The van der Waals surface area contributed by atoms with Crippen molar-refractivity contribution in [1.29, 1.82) is 0 Å². The zero-order valence-electron chi connectivity index (χ0n) is 7.83. The maximum Gasteiger partial charge on any atom is 0.154 e. The Morgan fingerprint density at radius 1 is 1.08 bits per heavy atom. The van der Waals surface area contributed by atoms with Gasteiger partial charge in [0, 0.05) is 25.5 Å². The lowest BCUT2D eigenvalue weighted by atomic mass is 10.4. The van der Waals surface area contributed by atoms with Crippen LogP contribution in [0.4, 0.5) is 0 Å². The van der Waals surface area contributed by atoms with E-state index in [2.05, 4.69) is 58.6 Å². The van der Waals surface area contributed by atoms with E-state index >= 15 is 0 Å². The Morgan fingerprint density at radius 3 is 1.83 bits per heavy atom. The predicted octanol–water partition coefficient (Wildman–Crippen LogP) is 2.61. The lowest BCUT2D eigenvalue weighted by molar-refractivity contribution is 0.248.